The van der Waals surface area contributed by atoms with E-state index in [1.165, 1.54) is 0 Å². The van der Waals surface area contributed by atoms with E-state index in [-0.39, 0.29) is 11.7 Å². The summed E-state index contributed by atoms with van der Waals surface area (Å²) in [4.78, 5) is 25.5. The van der Waals surface area contributed by atoms with Crippen LogP contribution < -0.4 is 0 Å². The van der Waals surface area contributed by atoms with Crippen molar-refractivity contribution in [2.75, 3.05) is 6.61 Å². The van der Waals surface area contributed by atoms with Gasteiger partial charge in [-0.3, -0.25) is 4.79 Å². The molecule has 0 radical (unpaired) electrons. The van der Waals surface area contributed by atoms with Crippen molar-refractivity contribution in [3.63, 3.8) is 0 Å². The summed E-state index contributed by atoms with van der Waals surface area (Å²) in [5.74, 6) is -0.618. The van der Waals surface area contributed by atoms with Gasteiger partial charge in [-0.25, -0.2) is 4.79 Å². The lowest BCUT2D eigenvalue weighted by Gasteiger charge is -2.41. The van der Waals surface area contributed by atoms with Crippen molar-refractivity contribution < 1.29 is 23.8 Å². The first-order chi connectivity index (χ1) is 10.1. The van der Waals surface area contributed by atoms with Crippen LogP contribution in [0.1, 0.15) is 60.8 Å². The molecule has 2 aliphatic heterocycles. The average Bonchev–Trinajstić information content (AvgIpc) is 2.66. The molecule has 2 heterocycles. The van der Waals surface area contributed by atoms with Gasteiger partial charge in [0, 0.05) is 19.4 Å². The van der Waals surface area contributed by atoms with E-state index in [4.69, 9.17) is 14.2 Å². The van der Waals surface area contributed by atoms with Gasteiger partial charge in [0.2, 0.25) is 5.60 Å². The molecule has 0 aromatic rings. The van der Waals surface area contributed by atoms with E-state index >= 15 is 0 Å². The van der Waals surface area contributed by atoms with Crippen molar-refractivity contribution in [1.29, 1.82) is 0 Å². The molecule has 0 unspecified atom stereocenters. The van der Waals surface area contributed by atoms with Crippen molar-refractivity contribution >= 4 is 11.8 Å². The van der Waals surface area contributed by atoms with Crippen LogP contribution in [-0.4, -0.2) is 41.3 Å². The van der Waals surface area contributed by atoms with Crippen LogP contribution in [0, 0.1) is 5.92 Å². The summed E-state index contributed by atoms with van der Waals surface area (Å²) in [5.41, 5.74) is -2.75. The van der Waals surface area contributed by atoms with E-state index < -0.39 is 28.9 Å². The molecule has 2 fully saturated rings. The van der Waals surface area contributed by atoms with E-state index in [2.05, 4.69) is 13.8 Å². The number of ketones is 1. The van der Waals surface area contributed by atoms with Crippen molar-refractivity contribution in [1.82, 2.24) is 0 Å². The van der Waals surface area contributed by atoms with E-state index in [1.807, 2.05) is 6.92 Å². The molecule has 0 saturated carbocycles. The summed E-state index contributed by atoms with van der Waals surface area (Å²) in [6.07, 6.45) is 0.965. The van der Waals surface area contributed by atoms with Crippen molar-refractivity contribution in [3.8, 4) is 0 Å². The summed E-state index contributed by atoms with van der Waals surface area (Å²) in [6, 6.07) is 0. The summed E-state index contributed by atoms with van der Waals surface area (Å²) >= 11 is 0. The Morgan fingerprint density at radius 3 is 2.55 bits per heavy atom. The minimum absolute atomic E-state index is 0.202. The molecule has 0 spiro atoms. The Bertz CT molecular complexity index is 464. The number of Topliss-reactive ketones (excluding diaryl/α,β-unsaturated/α-hetero) is 1. The minimum Gasteiger partial charge on any atom is -0.457 e. The Labute approximate surface area is 132 Å². The van der Waals surface area contributed by atoms with E-state index in [0.717, 1.165) is 0 Å². The Morgan fingerprint density at radius 1 is 1.41 bits per heavy atom. The first-order valence-corrected chi connectivity index (χ1v) is 8.16. The molecular formula is C17H28O5. The van der Waals surface area contributed by atoms with Crippen molar-refractivity contribution in [3.05, 3.63) is 0 Å². The molecule has 0 aromatic heterocycles. The van der Waals surface area contributed by atoms with Crippen LogP contribution in [0.2, 0.25) is 0 Å². The predicted molar refractivity (Wildman–Crippen MR) is 81.5 cm³/mol. The topological polar surface area (TPSA) is 61.8 Å². The fourth-order valence-corrected chi connectivity index (χ4v) is 3.45. The monoisotopic (exact) mass is 312 g/mol. The van der Waals surface area contributed by atoms with Crippen LogP contribution in [0.25, 0.3) is 0 Å². The Kier molecular flexibility index (Phi) is 4.44. The van der Waals surface area contributed by atoms with Gasteiger partial charge < -0.3 is 14.2 Å². The molecule has 3 atom stereocenters. The smallest absolute Gasteiger partial charge is 0.349 e. The van der Waals surface area contributed by atoms with Gasteiger partial charge in [-0.2, -0.15) is 0 Å². The second-order valence-electron chi connectivity index (χ2n) is 7.63. The standard InChI is InChI=1S/C17H28O5/c1-7-20-13-10-16(11(2)3)9-8-12(18)17(13,22-16)14(19)21-15(4,5)6/h11,13H,7-10H2,1-6H3/t13-,16-,17-/m1/s1. The number of hydrogen-bond acceptors (Lipinski definition) is 5. The summed E-state index contributed by atoms with van der Waals surface area (Å²) in [5, 5.41) is 0. The van der Waals surface area contributed by atoms with Gasteiger partial charge >= 0.3 is 5.97 Å². The Balaban J connectivity index is 2.42. The maximum absolute atomic E-state index is 12.8. The largest absolute Gasteiger partial charge is 0.457 e. The highest BCUT2D eigenvalue weighted by Crippen LogP contribution is 2.52. The fraction of sp³-hybridized carbons (Fsp3) is 0.882. The second-order valence-corrected chi connectivity index (χ2v) is 7.63. The Hall–Kier alpha value is -0.940. The number of carbonyl (C=O) groups excluding carboxylic acids is 2. The predicted octanol–water partition coefficient (Wildman–Crippen LogP) is 2.65. The van der Waals surface area contributed by atoms with Crippen LogP contribution in [0.3, 0.4) is 0 Å². The van der Waals surface area contributed by atoms with Crippen LogP contribution in [-0.2, 0) is 23.8 Å². The summed E-state index contributed by atoms with van der Waals surface area (Å²) in [7, 11) is 0. The molecule has 126 valence electrons. The molecule has 0 aliphatic carbocycles. The van der Waals surface area contributed by atoms with Gasteiger partial charge in [0.15, 0.2) is 5.78 Å². The molecule has 2 aliphatic rings. The van der Waals surface area contributed by atoms with Gasteiger partial charge in [-0.05, 0) is 40.0 Å². The number of esters is 1. The molecule has 0 amide bonds. The lowest BCUT2D eigenvalue weighted by molar-refractivity contribution is -0.213. The van der Waals surface area contributed by atoms with Crippen LogP contribution in [0.4, 0.5) is 0 Å². The third-order valence-corrected chi connectivity index (χ3v) is 4.66. The molecular weight excluding hydrogens is 284 g/mol. The fourth-order valence-electron chi connectivity index (χ4n) is 3.45. The zero-order valence-electron chi connectivity index (χ0n) is 14.5. The zero-order valence-corrected chi connectivity index (χ0v) is 14.5. The summed E-state index contributed by atoms with van der Waals surface area (Å²) in [6.45, 7) is 11.8. The maximum atomic E-state index is 12.8. The number of carbonyl (C=O) groups is 2. The minimum atomic E-state index is -1.59. The molecule has 0 aromatic carbocycles. The van der Waals surface area contributed by atoms with E-state index in [9.17, 15) is 9.59 Å². The first kappa shape index (κ1) is 17.4. The highest BCUT2D eigenvalue weighted by Gasteiger charge is 2.69. The quantitative estimate of drug-likeness (QED) is 0.590. The number of rotatable bonds is 4. The molecule has 0 N–H and O–H groups in total. The number of hydrogen-bond donors (Lipinski definition) is 0. The van der Waals surface area contributed by atoms with Gasteiger partial charge in [-0.1, -0.05) is 13.8 Å². The lowest BCUT2D eigenvalue weighted by atomic mass is 9.83. The maximum Gasteiger partial charge on any atom is 0.349 e. The van der Waals surface area contributed by atoms with Crippen molar-refractivity contribution in [2.45, 2.75) is 83.7 Å². The first-order valence-electron chi connectivity index (χ1n) is 8.16. The lowest BCUT2D eigenvalue weighted by Crippen LogP contribution is -2.60. The average molecular weight is 312 g/mol. The molecule has 22 heavy (non-hydrogen) atoms. The van der Waals surface area contributed by atoms with Crippen molar-refractivity contribution in [2.24, 2.45) is 5.92 Å². The molecule has 2 rings (SSSR count). The van der Waals surface area contributed by atoms with Gasteiger partial charge in [0.25, 0.3) is 0 Å². The van der Waals surface area contributed by atoms with Crippen LogP contribution in [0.15, 0.2) is 0 Å². The second kappa shape index (κ2) is 5.60. The zero-order chi connectivity index (χ0) is 16.8. The third kappa shape index (κ3) is 2.69. The third-order valence-electron chi connectivity index (χ3n) is 4.66. The van der Waals surface area contributed by atoms with Crippen LogP contribution in [0.5, 0.6) is 0 Å². The molecule has 2 saturated heterocycles. The van der Waals surface area contributed by atoms with Gasteiger partial charge in [0.05, 0.1) is 5.60 Å². The molecule has 5 nitrogen and oxygen atoms in total. The van der Waals surface area contributed by atoms with Crippen LogP contribution >= 0.6 is 0 Å². The molecule has 5 heteroatoms. The highest BCUT2D eigenvalue weighted by atomic mass is 16.6. The van der Waals surface area contributed by atoms with E-state index in [0.29, 0.717) is 25.9 Å². The Morgan fingerprint density at radius 2 is 2.05 bits per heavy atom. The summed E-state index contributed by atoms with van der Waals surface area (Å²) < 4.78 is 17.4. The normalized spacial score (nSPS) is 35.0. The molecule has 2 bridgehead atoms. The van der Waals surface area contributed by atoms with Gasteiger partial charge in [0.1, 0.15) is 11.7 Å². The highest BCUT2D eigenvalue weighted by molar-refractivity contribution is 6.09. The van der Waals surface area contributed by atoms with Gasteiger partial charge in [-0.15, -0.1) is 0 Å². The number of fused-ring (bicyclic) bond motifs is 2. The SMILES string of the molecule is CCO[C@@H]1C[C@@]2(C(C)C)CCC(=O)[C@@]1(C(=O)OC(C)(C)C)O2. The number of ether oxygens (including phenoxy) is 3. The van der Waals surface area contributed by atoms with E-state index in [1.54, 1.807) is 20.8 Å².